The van der Waals surface area contributed by atoms with E-state index in [4.69, 9.17) is 5.73 Å². The molecule has 0 spiro atoms. The van der Waals surface area contributed by atoms with Gasteiger partial charge in [0.1, 0.15) is 0 Å². The van der Waals surface area contributed by atoms with Gasteiger partial charge in [0.15, 0.2) is 0 Å². The van der Waals surface area contributed by atoms with Gasteiger partial charge < -0.3 is 11.1 Å². The van der Waals surface area contributed by atoms with E-state index in [1.165, 1.54) is 25.7 Å². The Kier molecular flexibility index (Phi) is 5.26. The Morgan fingerprint density at radius 3 is 2.21 bits per heavy atom. The molecule has 2 fully saturated rings. The van der Waals surface area contributed by atoms with Crippen LogP contribution in [0, 0.1) is 11.3 Å². The molecule has 1 amide bonds. The third-order valence-electron chi connectivity index (χ3n) is 5.28. The van der Waals surface area contributed by atoms with Crippen LogP contribution in [0.4, 0.5) is 0 Å². The van der Waals surface area contributed by atoms with Crippen LogP contribution in [0.3, 0.4) is 0 Å². The first kappa shape index (κ1) is 14.8. The summed E-state index contributed by atoms with van der Waals surface area (Å²) in [6.45, 7) is 2.83. The molecule has 3 nitrogen and oxygen atoms in total. The van der Waals surface area contributed by atoms with Gasteiger partial charge in [-0.15, -0.1) is 0 Å². The fourth-order valence-corrected chi connectivity index (χ4v) is 3.67. The summed E-state index contributed by atoms with van der Waals surface area (Å²) in [6, 6.07) is 0.398. The summed E-state index contributed by atoms with van der Waals surface area (Å²) >= 11 is 0. The number of carbonyl (C=O) groups excluding carboxylic acids is 1. The molecule has 0 aromatic heterocycles. The minimum Gasteiger partial charge on any atom is -0.353 e. The zero-order valence-corrected chi connectivity index (χ0v) is 12.4. The Morgan fingerprint density at radius 1 is 1.11 bits per heavy atom. The molecule has 3 N–H and O–H groups in total. The second kappa shape index (κ2) is 6.74. The van der Waals surface area contributed by atoms with Crippen molar-refractivity contribution in [3.63, 3.8) is 0 Å². The van der Waals surface area contributed by atoms with E-state index in [1.54, 1.807) is 0 Å². The maximum atomic E-state index is 12.7. The van der Waals surface area contributed by atoms with Crippen LogP contribution in [0.1, 0.15) is 71.1 Å². The summed E-state index contributed by atoms with van der Waals surface area (Å²) in [6.07, 6.45) is 11.6. The maximum absolute atomic E-state index is 12.7. The number of amides is 1. The van der Waals surface area contributed by atoms with E-state index < -0.39 is 0 Å². The van der Waals surface area contributed by atoms with Gasteiger partial charge in [-0.1, -0.05) is 32.6 Å². The highest BCUT2D eigenvalue weighted by Crippen LogP contribution is 2.35. The number of nitrogens with one attached hydrogen (secondary N) is 1. The van der Waals surface area contributed by atoms with Gasteiger partial charge in [0.2, 0.25) is 5.91 Å². The molecule has 0 aliphatic heterocycles. The predicted molar refractivity (Wildman–Crippen MR) is 78.8 cm³/mol. The topological polar surface area (TPSA) is 55.1 Å². The monoisotopic (exact) mass is 266 g/mol. The van der Waals surface area contributed by atoms with E-state index in [9.17, 15) is 4.79 Å². The van der Waals surface area contributed by atoms with Crippen LogP contribution in [0.2, 0.25) is 0 Å². The molecule has 19 heavy (non-hydrogen) atoms. The van der Waals surface area contributed by atoms with Crippen molar-refractivity contribution in [1.29, 1.82) is 0 Å². The van der Waals surface area contributed by atoms with Crippen LogP contribution >= 0.6 is 0 Å². The van der Waals surface area contributed by atoms with Crippen LogP contribution in [0.15, 0.2) is 0 Å². The van der Waals surface area contributed by atoms with Gasteiger partial charge in [-0.25, -0.2) is 0 Å². The van der Waals surface area contributed by atoms with Gasteiger partial charge in [0.05, 0.1) is 5.41 Å². The Bertz CT molecular complexity index is 287. The van der Waals surface area contributed by atoms with Crippen molar-refractivity contribution < 1.29 is 4.79 Å². The third kappa shape index (κ3) is 3.71. The van der Waals surface area contributed by atoms with E-state index in [-0.39, 0.29) is 11.3 Å². The molecular weight excluding hydrogens is 236 g/mol. The summed E-state index contributed by atoms with van der Waals surface area (Å²) in [5.74, 6) is 1.07. The van der Waals surface area contributed by atoms with Crippen molar-refractivity contribution in [3.8, 4) is 0 Å². The molecule has 0 aromatic carbocycles. The van der Waals surface area contributed by atoms with Crippen molar-refractivity contribution in [2.45, 2.75) is 77.2 Å². The lowest BCUT2D eigenvalue weighted by molar-refractivity contribution is -0.132. The minimum absolute atomic E-state index is 0.247. The lowest BCUT2D eigenvalue weighted by Gasteiger charge is -2.34. The molecule has 0 aromatic rings. The summed E-state index contributed by atoms with van der Waals surface area (Å²) in [5, 5.41) is 3.31. The second-order valence-electron chi connectivity index (χ2n) is 6.83. The number of carbonyl (C=O) groups is 1. The summed E-state index contributed by atoms with van der Waals surface area (Å²) in [4.78, 5) is 12.7. The standard InChI is InChI=1S/C16H30N2O/c1-13-6-8-14(9-7-13)18-15(19)16(12-17)10-4-2-3-5-11-16/h13-14H,2-12,17H2,1H3,(H,18,19). The van der Waals surface area contributed by atoms with Crippen LogP contribution in [-0.4, -0.2) is 18.5 Å². The molecular formula is C16H30N2O. The smallest absolute Gasteiger partial charge is 0.227 e. The molecule has 2 rings (SSSR count). The number of hydrogen-bond acceptors (Lipinski definition) is 2. The molecule has 0 heterocycles. The lowest BCUT2D eigenvalue weighted by Crippen LogP contribution is -2.49. The third-order valence-corrected chi connectivity index (χ3v) is 5.28. The van der Waals surface area contributed by atoms with E-state index in [0.29, 0.717) is 12.6 Å². The van der Waals surface area contributed by atoms with Gasteiger partial charge in [0, 0.05) is 12.6 Å². The zero-order chi connectivity index (χ0) is 13.7. The van der Waals surface area contributed by atoms with Gasteiger partial charge in [-0.2, -0.15) is 0 Å². The van der Waals surface area contributed by atoms with E-state index in [1.807, 2.05) is 0 Å². The fraction of sp³-hybridized carbons (Fsp3) is 0.938. The number of hydrogen-bond donors (Lipinski definition) is 2. The Hall–Kier alpha value is -0.570. The van der Waals surface area contributed by atoms with Crippen molar-refractivity contribution in [1.82, 2.24) is 5.32 Å². The predicted octanol–water partition coefficient (Wildman–Crippen LogP) is 2.98. The number of nitrogens with two attached hydrogens (primary N) is 1. The van der Waals surface area contributed by atoms with Crippen molar-refractivity contribution >= 4 is 5.91 Å². The molecule has 2 saturated carbocycles. The quantitative estimate of drug-likeness (QED) is 0.772. The Balaban J connectivity index is 1.92. The molecule has 2 aliphatic rings. The van der Waals surface area contributed by atoms with Crippen LogP contribution in [-0.2, 0) is 4.79 Å². The zero-order valence-electron chi connectivity index (χ0n) is 12.4. The average Bonchev–Trinajstić information content (AvgIpc) is 2.67. The van der Waals surface area contributed by atoms with Gasteiger partial charge in [0.25, 0.3) is 0 Å². The van der Waals surface area contributed by atoms with Crippen LogP contribution in [0.5, 0.6) is 0 Å². The largest absolute Gasteiger partial charge is 0.353 e. The molecule has 2 aliphatic carbocycles. The fourth-order valence-electron chi connectivity index (χ4n) is 3.67. The van der Waals surface area contributed by atoms with Crippen molar-refractivity contribution in [2.75, 3.05) is 6.54 Å². The van der Waals surface area contributed by atoms with Crippen molar-refractivity contribution in [3.05, 3.63) is 0 Å². The Morgan fingerprint density at radius 2 is 1.68 bits per heavy atom. The minimum atomic E-state index is -0.264. The van der Waals surface area contributed by atoms with E-state index in [0.717, 1.165) is 44.4 Å². The lowest BCUT2D eigenvalue weighted by atomic mass is 9.78. The normalized spacial score (nSPS) is 31.5. The highest BCUT2D eigenvalue weighted by molar-refractivity contribution is 5.83. The first-order chi connectivity index (χ1) is 9.16. The molecule has 3 heteroatoms. The Labute approximate surface area is 117 Å². The maximum Gasteiger partial charge on any atom is 0.227 e. The van der Waals surface area contributed by atoms with Crippen molar-refractivity contribution in [2.24, 2.45) is 17.1 Å². The SMILES string of the molecule is CC1CCC(NC(=O)C2(CN)CCCCCC2)CC1. The molecule has 0 radical (unpaired) electrons. The first-order valence-corrected chi connectivity index (χ1v) is 8.17. The highest BCUT2D eigenvalue weighted by Gasteiger charge is 2.38. The number of rotatable bonds is 3. The molecule has 0 saturated heterocycles. The summed E-state index contributed by atoms with van der Waals surface area (Å²) in [5.41, 5.74) is 5.71. The molecule has 110 valence electrons. The molecule has 0 unspecified atom stereocenters. The van der Waals surface area contributed by atoms with Gasteiger partial charge in [-0.05, 0) is 44.4 Å². The molecule has 0 bridgehead atoms. The first-order valence-electron chi connectivity index (χ1n) is 8.17. The van der Waals surface area contributed by atoms with Crippen LogP contribution in [0.25, 0.3) is 0 Å². The summed E-state index contributed by atoms with van der Waals surface area (Å²) < 4.78 is 0. The average molecular weight is 266 g/mol. The van der Waals surface area contributed by atoms with E-state index >= 15 is 0 Å². The van der Waals surface area contributed by atoms with Crippen LogP contribution < -0.4 is 11.1 Å². The molecule has 0 atom stereocenters. The highest BCUT2D eigenvalue weighted by atomic mass is 16.2. The van der Waals surface area contributed by atoms with Gasteiger partial charge in [-0.3, -0.25) is 4.79 Å². The second-order valence-corrected chi connectivity index (χ2v) is 6.83. The summed E-state index contributed by atoms with van der Waals surface area (Å²) in [7, 11) is 0. The van der Waals surface area contributed by atoms with Gasteiger partial charge >= 0.3 is 0 Å². The van der Waals surface area contributed by atoms with E-state index in [2.05, 4.69) is 12.2 Å².